The number of nitrogens with zero attached hydrogens (tertiary/aromatic N) is 2. The van der Waals surface area contributed by atoms with Crippen LogP contribution in [0, 0.1) is 0 Å². The van der Waals surface area contributed by atoms with Gasteiger partial charge in [-0.2, -0.15) is 5.10 Å². The third kappa shape index (κ3) is 2.34. The Labute approximate surface area is 101 Å². The zero-order valence-electron chi connectivity index (χ0n) is 10.6. The van der Waals surface area contributed by atoms with E-state index >= 15 is 0 Å². The van der Waals surface area contributed by atoms with E-state index in [1.54, 1.807) is 0 Å². The summed E-state index contributed by atoms with van der Waals surface area (Å²) in [7, 11) is 0. The second-order valence-electron chi connectivity index (χ2n) is 5.30. The molecule has 0 radical (unpaired) electrons. The maximum absolute atomic E-state index is 12.1. The van der Waals surface area contributed by atoms with Gasteiger partial charge in [0.05, 0.1) is 11.4 Å². The van der Waals surface area contributed by atoms with Gasteiger partial charge in [-0.1, -0.05) is 0 Å². The van der Waals surface area contributed by atoms with Gasteiger partial charge in [0.25, 0.3) is 0 Å². The van der Waals surface area contributed by atoms with Crippen LogP contribution in [0.5, 0.6) is 0 Å². The largest absolute Gasteiger partial charge is 0.456 e. The highest BCUT2D eigenvalue weighted by Gasteiger charge is 2.29. The number of rotatable bonds is 2. The molecule has 0 amide bonds. The van der Waals surface area contributed by atoms with Gasteiger partial charge in [0.2, 0.25) is 0 Å². The van der Waals surface area contributed by atoms with Crippen LogP contribution in [0.25, 0.3) is 0 Å². The second-order valence-corrected chi connectivity index (χ2v) is 5.30. The molecular formula is C12H19N3O2. The third-order valence-electron chi connectivity index (χ3n) is 2.71. The number of hydrogen-bond acceptors (Lipinski definition) is 4. The molecule has 5 heteroatoms. The molecule has 17 heavy (non-hydrogen) atoms. The number of carbonyl (C=O) groups is 1. The molecule has 1 aliphatic heterocycles. The Bertz CT molecular complexity index is 443. The summed E-state index contributed by atoms with van der Waals surface area (Å²) in [5.41, 5.74) is 7.34. The van der Waals surface area contributed by atoms with Crippen molar-refractivity contribution in [1.82, 2.24) is 9.78 Å². The molecule has 5 nitrogen and oxygen atoms in total. The van der Waals surface area contributed by atoms with Gasteiger partial charge in [-0.15, -0.1) is 0 Å². The molecule has 1 aromatic rings. The van der Waals surface area contributed by atoms with E-state index in [1.807, 2.05) is 25.5 Å². The molecule has 0 bridgehead atoms. The quantitative estimate of drug-likeness (QED) is 0.786. The number of carbonyl (C=O) groups excluding carboxylic acids is 1. The number of fused-ring (bicyclic) bond motifs is 1. The van der Waals surface area contributed by atoms with Gasteiger partial charge >= 0.3 is 5.97 Å². The summed E-state index contributed by atoms with van der Waals surface area (Å²) in [6.45, 7) is 6.71. The highest BCUT2D eigenvalue weighted by molar-refractivity contribution is 5.92. The third-order valence-corrected chi connectivity index (χ3v) is 2.71. The van der Waals surface area contributed by atoms with Crippen molar-refractivity contribution in [2.75, 3.05) is 0 Å². The van der Waals surface area contributed by atoms with Crippen LogP contribution < -0.4 is 5.73 Å². The maximum atomic E-state index is 12.1. The molecule has 0 spiro atoms. The Morgan fingerprint density at radius 3 is 2.82 bits per heavy atom. The lowest BCUT2D eigenvalue weighted by Gasteiger charge is -2.19. The Morgan fingerprint density at radius 1 is 1.53 bits per heavy atom. The molecular weight excluding hydrogens is 218 g/mol. The minimum Gasteiger partial charge on any atom is -0.456 e. The van der Waals surface area contributed by atoms with E-state index in [0.29, 0.717) is 11.3 Å². The molecule has 0 fully saturated rings. The molecule has 0 aliphatic carbocycles. The van der Waals surface area contributed by atoms with Gasteiger partial charge in [-0.05, 0) is 33.6 Å². The van der Waals surface area contributed by atoms with Crippen molar-refractivity contribution in [3.63, 3.8) is 0 Å². The minimum atomic E-state index is -0.490. The van der Waals surface area contributed by atoms with Crippen molar-refractivity contribution in [2.45, 2.75) is 52.3 Å². The van der Waals surface area contributed by atoms with E-state index in [4.69, 9.17) is 10.5 Å². The van der Waals surface area contributed by atoms with Crippen LogP contribution in [-0.4, -0.2) is 21.4 Å². The summed E-state index contributed by atoms with van der Waals surface area (Å²) in [6.07, 6.45) is 1.91. The number of aryl methyl sites for hydroxylation is 1. The number of ether oxygens (including phenoxy) is 1. The first kappa shape index (κ1) is 12.1. The van der Waals surface area contributed by atoms with E-state index in [2.05, 4.69) is 5.10 Å². The van der Waals surface area contributed by atoms with E-state index in [9.17, 15) is 4.79 Å². The zero-order valence-corrected chi connectivity index (χ0v) is 10.6. The predicted octanol–water partition coefficient (Wildman–Crippen LogP) is 1.24. The SMILES string of the molecule is CC(C)(C)OC(=O)c1c(CN)nn2c1CCC2. The van der Waals surface area contributed by atoms with Crippen molar-refractivity contribution < 1.29 is 9.53 Å². The van der Waals surface area contributed by atoms with Crippen molar-refractivity contribution in [1.29, 1.82) is 0 Å². The molecule has 2 N–H and O–H groups in total. The van der Waals surface area contributed by atoms with Crippen LogP contribution in [0.15, 0.2) is 0 Å². The lowest BCUT2D eigenvalue weighted by molar-refractivity contribution is 0.00673. The van der Waals surface area contributed by atoms with E-state index in [0.717, 1.165) is 25.1 Å². The van der Waals surface area contributed by atoms with Crippen LogP contribution >= 0.6 is 0 Å². The molecule has 0 atom stereocenters. The summed E-state index contributed by atoms with van der Waals surface area (Å²) in [5, 5.41) is 4.35. The Hall–Kier alpha value is -1.36. The maximum Gasteiger partial charge on any atom is 0.342 e. The zero-order chi connectivity index (χ0) is 12.6. The smallest absolute Gasteiger partial charge is 0.342 e. The van der Waals surface area contributed by atoms with Crippen molar-refractivity contribution in [2.24, 2.45) is 5.73 Å². The Morgan fingerprint density at radius 2 is 2.24 bits per heavy atom. The van der Waals surface area contributed by atoms with Crippen LogP contribution in [0.1, 0.15) is 48.9 Å². The first-order valence-electron chi connectivity index (χ1n) is 5.94. The van der Waals surface area contributed by atoms with E-state index < -0.39 is 5.60 Å². The molecule has 2 rings (SSSR count). The number of nitrogens with two attached hydrogens (primary N) is 1. The standard InChI is InChI=1S/C12H19N3O2/c1-12(2,3)17-11(16)10-8(7-13)14-15-6-4-5-9(10)15/h4-7,13H2,1-3H3. The predicted molar refractivity (Wildman–Crippen MR) is 63.6 cm³/mol. The normalized spacial score (nSPS) is 14.8. The number of aromatic nitrogens is 2. The van der Waals surface area contributed by atoms with Crippen LogP contribution in [-0.2, 0) is 24.2 Å². The summed E-state index contributed by atoms with van der Waals surface area (Å²) < 4.78 is 7.28. The monoisotopic (exact) mass is 237 g/mol. The van der Waals surface area contributed by atoms with Gasteiger partial charge in [0, 0.05) is 13.1 Å². The molecule has 0 saturated carbocycles. The molecule has 1 aliphatic rings. The molecule has 0 aromatic carbocycles. The van der Waals surface area contributed by atoms with Crippen LogP contribution in [0.2, 0.25) is 0 Å². The summed E-state index contributed by atoms with van der Waals surface area (Å²) >= 11 is 0. The van der Waals surface area contributed by atoms with Gasteiger partial charge < -0.3 is 10.5 Å². The fourth-order valence-corrected chi connectivity index (χ4v) is 2.09. The first-order valence-corrected chi connectivity index (χ1v) is 5.94. The molecule has 0 saturated heterocycles. The van der Waals surface area contributed by atoms with Crippen LogP contribution in [0.3, 0.4) is 0 Å². The summed E-state index contributed by atoms with van der Waals surface area (Å²) in [5.74, 6) is -0.305. The Balaban J connectivity index is 2.34. The highest BCUT2D eigenvalue weighted by atomic mass is 16.6. The molecule has 1 aromatic heterocycles. The minimum absolute atomic E-state index is 0.272. The van der Waals surface area contributed by atoms with E-state index in [-0.39, 0.29) is 12.5 Å². The van der Waals surface area contributed by atoms with Crippen molar-refractivity contribution >= 4 is 5.97 Å². The average molecular weight is 237 g/mol. The first-order chi connectivity index (χ1) is 7.92. The molecule has 94 valence electrons. The van der Waals surface area contributed by atoms with E-state index in [1.165, 1.54) is 0 Å². The van der Waals surface area contributed by atoms with Gasteiger partial charge in [0.15, 0.2) is 0 Å². The van der Waals surface area contributed by atoms with Gasteiger partial charge in [0.1, 0.15) is 11.2 Å². The fourth-order valence-electron chi connectivity index (χ4n) is 2.09. The fraction of sp³-hybridized carbons (Fsp3) is 0.667. The summed E-state index contributed by atoms with van der Waals surface area (Å²) in [4.78, 5) is 12.1. The highest BCUT2D eigenvalue weighted by Crippen LogP contribution is 2.24. The lowest BCUT2D eigenvalue weighted by Crippen LogP contribution is -2.25. The van der Waals surface area contributed by atoms with Crippen molar-refractivity contribution in [3.05, 3.63) is 17.0 Å². The topological polar surface area (TPSA) is 70.1 Å². The number of hydrogen-bond donors (Lipinski definition) is 1. The molecule has 2 heterocycles. The lowest BCUT2D eigenvalue weighted by atomic mass is 10.1. The van der Waals surface area contributed by atoms with Crippen LogP contribution in [0.4, 0.5) is 0 Å². The second kappa shape index (κ2) is 4.14. The summed E-state index contributed by atoms with van der Waals surface area (Å²) in [6, 6.07) is 0. The van der Waals surface area contributed by atoms with Gasteiger partial charge in [-0.25, -0.2) is 4.79 Å². The Kier molecular flexibility index (Phi) is 2.95. The average Bonchev–Trinajstić information content (AvgIpc) is 2.71. The number of esters is 1. The van der Waals surface area contributed by atoms with Gasteiger partial charge in [-0.3, -0.25) is 4.68 Å². The van der Waals surface area contributed by atoms with Crippen molar-refractivity contribution in [3.8, 4) is 0 Å². The molecule has 0 unspecified atom stereocenters.